The fraction of sp³-hybridized carbons (Fsp3) is 0.217. The Morgan fingerprint density at radius 1 is 1.19 bits per heavy atom. The van der Waals surface area contributed by atoms with Gasteiger partial charge >= 0.3 is 0 Å². The number of hydrogen-bond acceptors (Lipinski definition) is 5. The van der Waals surface area contributed by atoms with Gasteiger partial charge in [-0.3, -0.25) is 9.59 Å². The number of anilines is 2. The van der Waals surface area contributed by atoms with E-state index in [2.05, 4.69) is 15.3 Å². The Morgan fingerprint density at radius 2 is 2.06 bits per heavy atom. The smallest absolute Gasteiger partial charge is 0.256 e. The van der Waals surface area contributed by atoms with Crippen LogP contribution in [0.25, 0.3) is 5.65 Å². The van der Waals surface area contributed by atoms with Crippen molar-refractivity contribution in [3.05, 3.63) is 88.4 Å². The van der Waals surface area contributed by atoms with Gasteiger partial charge in [-0.2, -0.15) is 5.10 Å². The van der Waals surface area contributed by atoms with Crippen LogP contribution in [0.15, 0.2) is 65.8 Å². The van der Waals surface area contributed by atoms with Crippen molar-refractivity contribution in [2.24, 2.45) is 7.05 Å². The molecule has 5 rings (SSSR count). The van der Waals surface area contributed by atoms with E-state index in [4.69, 9.17) is 4.98 Å². The Balaban J connectivity index is 1.45. The van der Waals surface area contributed by atoms with E-state index in [9.17, 15) is 14.0 Å². The summed E-state index contributed by atoms with van der Waals surface area (Å²) in [4.78, 5) is 31.4. The fourth-order valence-electron chi connectivity index (χ4n) is 4.09. The van der Waals surface area contributed by atoms with Crippen molar-refractivity contribution in [2.75, 3.05) is 16.8 Å². The van der Waals surface area contributed by atoms with Crippen LogP contribution in [-0.2, 0) is 7.05 Å². The van der Waals surface area contributed by atoms with E-state index in [1.54, 1.807) is 42.2 Å². The highest BCUT2D eigenvalue weighted by Gasteiger charge is 2.28. The third-order valence-corrected chi connectivity index (χ3v) is 5.75. The zero-order valence-corrected chi connectivity index (χ0v) is 17.4. The van der Waals surface area contributed by atoms with Gasteiger partial charge in [0.05, 0.1) is 12.2 Å². The number of pyridine rings is 1. The summed E-state index contributed by atoms with van der Waals surface area (Å²) in [5, 5.41) is 7.05. The fourth-order valence-corrected chi connectivity index (χ4v) is 4.09. The standard InChI is InChI=1S/C23H21FN6O2/c1-28-10-7-16(13-21(28)31)23(32)26-18-14-25-30-11-8-20(27-22(18)30)29-9-3-6-19(29)15-4-2-5-17(24)12-15/h2,4-5,7-8,10-14,19H,3,6,9H2,1H3,(H,26,32)/t19-/m1/s1. The van der Waals surface area contributed by atoms with Gasteiger partial charge in [0.1, 0.15) is 17.3 Å². The molecule has 0 aliphatic carbocycles. The first-order chi connectivity index (χ1) is 15.5. The quantitative estimate of drug-likeness (QED) is 0.536. The number of carbonyl (C=O) groups excluding carboxylic acids is 1. The molecule has 0 bridgehead atoms. The molecule has 32 heavy (non-hydrogen) atoms. The normalized spacial score (nSPS) is 15.9. The molecule has 0 saturated carbocycles. The van der Waals surface area contributed by atoms with E-state index < -0.39 is 5.91 Å². The minimum absolute atomic E-state index is 0.0298. The molecule has 8 nitrogen and oxygen atoms in total. The number of rotatable bonds is 4. The lowest BCUT2D eigenvalue weighted by Gasteiger charge is -2.26. The summed E-state index contributed by atoms with van der Waals surface area (Å²) in [7, 11) is 1.62. The highest BCUT2D eigenvalue weighted by Crippen LogP contribution is 2.35. The van der Waals surface area contributed by atoms with Gasteiger partial charge in [0.15, 0.2) is 5.65 Å². The first-order valence-electron chi connectivity index (χ1n) is 10.3. The van der Waals surface area contributed by atoms with E-state index in [1.807, 2.05) is 12.1 Å². The van der Waals surface area contributed by atoms with Crippen LogP contribution >= 0.6 is 0 Å². The lowest BCUT2D eigenvalue weighted by atomic mass is 10.0. The third-order valence-electron chi connectivity index (χ3n) is 5.75. The molecule has 4 aromatic rings. The number of aryl methyl sites for hydroxylation is 1. The molecule has 1 aliphatic heterocycles. The van der Waals surface area contributed by atoms with Gasteiger partial charge in [-0.25, -0.2) is 13.9 Å². The first-order valence-corrected chi connectivity index (χ1v) is 10.3. The molecule has 1 aromatic carbocycles. The minimum Gasteiger partial charge on any atom is -0.349 e. The second kappa shape index (κ2) is 7.92. The zero-order chi connectivity index (χ0) is 22.2. The molecule has 0 unspecified atom stereocenters. The van der Waals surface area contributed by atoms with Crippen LogP contribution in [-0.4, -0.2) is 31.6 Å². The molecule has 1 N–H and O–H groups in total. The maximum atomic E-state index is 13.8. The minimum atomic E-state index is -0.413. The topological polar surface area (TPSA) is 84.5 Å². The van der Waals surface area contributed by atoms with Crippen molar-refractivity contribution < 1.29 is 9.18 Å². The summed E-state index contributed by atoms with van der Waals surface area (Å²) in [5.74, 6) is 0.0618. The van der Waals surface area contributed by atoms with E-state index >= 15 is 0 Å². The van der Waals surface area contributed by atoms with Crippen molar-refractivity contribution in [3.63, 3.8) is 0 Å². The van der Waals surface area contributed by atoms with Gasteiger partial charge in [-0.05, 0) is 42.7 Å². The van der Waals surface area contributed by atoms with E-state index in [0.717, 1.165) is 30.8 Å². The predicted molar refractivity (Wildman–Crippen MR) is 118 cm³/mol. The average Bonchev–Trinajstić information content (AvgIpc) is 3.43. The molecule has 1 saturated heterocycles. The highest BCUT2D eigenvalue weighted by molar-refractivity contribution is 6.05. The highest BCUT2D eigenvalue weighted by atomic mass is 19.1. The van der Waals surface area contributed by atoms with Crippen molar-refractivity contribution in [1.29, 1.82) is 0 Å². The summed E-state index contributed by atoms with van der Waals surface area (Å²) in [6.07, 6.45) is 6.73. The van der Waals surface area contributed by atoms with Gasteiger partial charge in [0.2, 0.25) is 0 Å². The SMILES string of the molecule is Cn1ccc(C(=O)Nc2cnn3ccc(N4CCC[C@@H]4c4cccc(F)c4)nc23)cc1=O. The number of benzene rings is 1. The third kappa shape index (κ3) is 3.62. The molecule has 4 heterocycles. The Labute approximate surface area is 182 Å². The largest absolute Gasteiger partial charge is 0.349 e. The molecule has 3 aromatic heterocycles. The second-order valence-electron chi connectivity index (χ2n) is 7.84. The molecule has 9 heteroatoms. The zero-order valence-electron chi connectivity index (χ0n) is 17.4. The first kappa shape index (κ1) is 19.9. The Kier molecular flexibility index (Phi) is 4.93. The summed E-state index contributed by atoms with van der Waals surface area (Å²) >= 11 is 0. The number of carbonyl (C=O) groups is 1. The van der Waals surface area contributed by atoms with Crippen LogP contribution in [0.2, 0.25) is 0 Å². The molecule has 1 amide bonds. The molecule has 1 fully saturated rings. The van der Waals surface area contributed by atoms with Crippen molar-refractivity contribution in [3.8, 4) is 0 Å². The van der Waals surface area contributed by atoms with Gasteiger partial charge in [-0.1, -0.05) is 12.1 Å². The summed E-state index contributed by atoms with van der Waals surface area (Å²) in [6.45, 7) is 0.799. The van der Waals surface area contributed by atoms with Crippen LogP contribution in [0, 0.1) is 5.82 Å². The number of halogens is 1. The Morgan fingerprint density at radius 3 is 2.88 bits per heavy atom. The van der Waals surface area contributed by atoms with E-state index in [1.165, 1.54) is 22.9 Å². The van der Waals surface area contributed by atoms with E-state index in [-0.39, 0.29) is 23.0 Å². The molecule has 1 atom stereocenters. The van der Waals surface area contributed by atoms with E-state index in [0.29, 0.717) is 11.3 Å². The predicted octanol–water partition coefficient (Wildman–Crippen LogP) is 3.16. The van der Waals surface area contributed by atoms with Crippen LogP contribution in [0.4, 0.5) is 15.9 Å². The molecular formula is C23H21FN6O2. The molecular weight excluding hydrogens is 411 g/mol. The number of hydrogen-bond donors (Lipinski definition) is 1. The van der Waals surface area contributed by atoms with Gasteiger partial charge in [0.25, 0.3) is 11.5 Å². The summed E-state index contributed by atoms with van der Waals surface area (Å²) < 4.78 is 16.7. The molecule has 162 valence electrons. The molecule has 0 spiro atoms. The Bertz CT molecular complexity index is 1380. The number of amides is 1. The van der Waals surface area contributed by atoms with Gasteiger partial charge < -0.3 is 14.8 Å². The number of nitrogens with zero attached hydrogens (tertiary/aromatic N) is 5. The van der Waals surface area contributed by atoms with Crippen LogP contribution in [0.1, 0.15) is 34.8 Å². The molecule has 1 aliphatic rings. The number of fused-ring (bicyclic) bond motifs is 1. The summed E-state index contributed by atoms with van der Waals surface area (Å²) in [5.41, 5.74) is 1.84. The van der Waals surface area contributed by atoms with Gasteiger partial charge in [0, 0.05) is 37.6 Å². The van der Waals surface area contributed by atoms with Crippen molar-refractivity contribution in [2.45, 2.75) is 18.9 Å². The van der Waals surface area contributed by atoms with Gasteiger partial charge in [-0.15, -0.1) is 0 Å². The molecule has 0 radical (unpaired) electrons. The average molecular weight is 432 g/mol. The van der Waals surface area contributed by atoms with Crippen molar-refractivity contribution >= 4 is 23.1 Å². The van der Waals surface area contributed by atoms with Crippen LogP contribution < -0.4 is 15.8 Å². The lowest BCUT2D eigenvalue weighted by Crippen LogP contribution is -2.24. The maximum absolute atomic E-state index is 13.8. The summed E-state index contributed by atoms with van der Waals surface area (Å²) in [6, 6.07) is 11.4. The second-order valence-corrected chi connectivity index (χ2v) is 7.84. The lowest BCUT2D eigenvalue weighted by molar-refractivity contribution is 0.102. The number of nitrogens with one attached hydrogen (secondary N) is 1. The number of aromatic nitrogens is 4. The van der Waals surface area contributed by atoms with Crippen LogP contribution in [0.3, 0.4) is 0 Å². The van der Waals surface area contributed by atoms with Crippen LogP contribution in [0.5, 0.6) is 0 Å². The Hall–Kier alpha value is -4.01. The monoisotopic (exact) mass is 432 g/mol. The maximum Gasteiger partial charge on any atom is 0.256 e. The van der Waals surface area contributed by atoms with Crippen molar-refractivity contribution in [1.82, 2.24) is 19.2 Å².